The van der Waals surface area contributed by atoms with E-state index in [0.717, 1.165) is 42.4 Å². The fourth-order valence-electron chi connectivity index (χ4n) is 3.39. The summed E-state index contributed by atoms with van der Waals surface area (Å²) in [4.78, 5) is 15.8. The third-order valence-corrected chi connectivity index (χ3v) is 4.58. The van der Waals surface area contributed by atoms with E-state index in [0.29, 0.717) is 23.3 Å². The maximum absolute atomic E-state index is 14.9. The molecule has 3 rings (SSSR count). The molecule has 1 amide bonds. The Bertz CT molecular complexity index is 862. The average molecular weight is 355 g/mol. The van der Waals surface area contributed by atoms with Gasteiger partial charge in [0.15, 0.2) is 5.96 Å². The number of hydrogen-bond donors (Lipinski definition) is 2. The second kappa shape index (κ2) is 7.56. The van der Waals surface area contributed by atoms with Crippen molar-refractivity contribution < 1.29 is 13.9 Å². The van der Waals surface area contributed by atoms with Crippen molar-refractivity contribution in [2.75, 3.05) is 7.11 Å². The molecule has 1 aromatic carbocycles. The van der Waals surface area contributed by atoms with Gasteiger partial charge in [-0.15, -0.1) is 0 Å². The lowest BCUT2D eigenvalue weighted by atomic mass is 9.84. The van der Waals surface area contributed by atoms with Gasteiger partial charge in [0.2, 0.25) is 0 Å². The van der Waals surface area contributed by atoms with Gasteiger partial charge in [0, 0.05) is 12.0 Å². The second-order valence-corrected chi connectivity index (χ2v) is 6.31. The van der Waals surface area contributed by atoms with Crippen LogP contribution in [0, 0.1) is 0 Å². The smallest absolute Gasteiger partial charge is 0.280 e. The minimum atomic E-state index is -0.518. The predicted molar refractivity (Wildman–Crippen MR) is 100.0 cm³/mol. The van der Waals surface area contributed by atoms with Gasteiger partial charge in [-0.3, -0.25) is 4.79 Å². The van der Waals surface area contributed by atoms with Crippen LogP contribution in [0.3, 0.4) is 0 Å². The van der Waals surface area contributed by atoms with Crippen LogP contribution in [0.2, 0.25) is 0 Å². The van der Waals surface area contributed by atoms with Crippen molar-refractivity contribution in [3.8, 4) is 0 Å². The molecule has 2 aliphatic carbocycles. The minimum absolute atomic E-state index is 0.185. The third-order valence-electron chi connectivity index (χ3n) is 4.58. The number of guanidine groups is 1. The highest BCUT2D eigenvalue weighted by atomic mass is 19.1. The van der Waals surface area contributed by atoms with Crippen LogP contribution >= 0.6 is 0 Å². The summed E-state index contributed by atoms with van der Waals surface area (Å²) in [5.74, 6) is -0.447. The molecule has 0 aromatic heterocycles. The Labute approximate surface area is 151 Å². The first-order chi connectivity index (χ1) is 12.5. The number of fused-ring (bicyclic) bond motifs is 1. The highest BCUT2D eigenvalue weighted by Crippen LogP contribution is 2.40. The number of halogens is 1. The molecule has 1 aromatic rings. The van der Waals surface area contributed by atoms with Gasteiger partial charge in [0.25, 0.3) is 5.91 Å². The summed E-state index contributed by atoms with van der Waals surface area (Å²) in [5, 5.41) is 0. The van der Waals surface area contributed by atoms with Crippen LogP contribution in [0.5, 0.6) is 0 Å². The second-order valence-electron chi connectivity index (χ2n) is 6.31. The van der Waals surface area contributed by atoms with E-state index in [1.54, 1.807) is 19.2 Å². The summed E-state index contributed by atoms with van der Waals surface area (Å²) in [6, 6.07) is 5.30. The number of benzene rings is 1. The molecule has 0 spiro atoms. The number of aryl methyl sites for hydroxylation is 1. The van der Waals surface area contributed by atoms with E-state index in [9.17, 15) is 9.18 Å². The van der Waals surface area contributed by atoms with E-state index >= 15 is 0 Å². The molecule has 0 radical (unpaired) electrons. The standard InChI is InChI=1S/C20H22FN3O2/c1-26-17-8-3-2-7-16(21)18(17)14-6-4-5-12-9-10-13(11-15(12)14)19(25)24-20(22)23/h6,8-11H,2-5,7H2,1H3,(H4,22,23,24,25). The van der Waals surface area contributed by atoms with Crippen molar-refractivity contribution in [1.29, 1.82) is 0 Å². The number of hydrogen-bond acceptors (Lipinski definition) is 2. The third kappa shape index (κ3) is 3.54. The van der Waals surface area contributed by atoms with Gasteiger partial charge in [-0.2, -0.15) is 4.99 Å². The number of methoxy groups -OCH3 is 1. The molecule has 5 nitrogen and oxygen atoms in total. The number of rotatable bonds is 3. The lowest BCUT2D eigenvalue weighted by Crippen LogP contribution is -2.24. The Balaban J connectivity index is 2.11. The lowest BCUT2D eigenvalue weighted by molar-refractivity contribution is 0.100. The molecule has 0 heterocycles. The highest BCUT2D eigenvalue weighted by molar-refractivity contribution is 6.03. The number of carbonyl (C=O) groups excluding carboxylic acids is 1. The summed E-state index contributed by atoms with van der Waals surface area (Å²) < 4.78 is 20.3. The molecule has 0 bridgehead atoms. The van der Waals surface area contributed by atoms with Crippen LogP contribution in [0.4, 0.5) is 4.39 Å². The molecule has 6 heteroatoms. The Morgan fingerprint density at radius 3 is 2.73 bits per heavy atom. The lowest BCUT2D eigenvalue weighted by Gasteiger charge is -2.22. The van der Waals surface area contributed by atoms with Gasteiger partial charge in [-0.1, -0.05) is 12.1 Å². The van der Waals surface area contributed by atoms with Crippen LogP contribution in [0.1, 0.15) is 47.2 Å². The van der Waals surface area contributed by atoms with Crippen molar-refractivity contribution in [3.05, 3.63) is 64.2 Å². The van der Waals surface area contributed by atoms with Crippen LogP contribution < -0.4 is 11.5 Å². The zero-order valence-electron chi connectivity index (χ0n) is 14.7. The van der Waals surface area contributed by atoms with Crippen molar-refractivity contribution in [2.45, 2.75) is 32.1 Å². The fourth-order valence-corrected chi connectivity index (χ4v) is 3.39. The summed E-state index contributed by atoms with van der Waals surface area (Å²) >= 11 is 0. The summed E-state index contributed by atoms with van der Waals surface area (Å²) in [7, 11) is 1.55. The van der Waals surface area contributed by atoms with Crippen LogP contribution in [-0.4, -0.2) is 19.0 Å². The van der Waals surface area contributed by atoms with Crippen molar-refractivity contribution >= 4 is 17.4 Å². The SMILES string of the molecule is COC1=CCCCC(F)=C1C1=CCCc2ccc(C(=O)N=C(N)N)cc21. The van der Waals surface area contributed by atoms with Gasteiger partial charge < -0.3 is 16.2 Å². The Morgan fingerprint density at radius 2 is 2.00 bits per heavy atom. The number of ether oxygens (including phenoxy) is 1. The molecule has 0 saturated carbocycles. The molecule has 0 fully saturated rings. The molecule has 0 saturated heterocycles. The maximum atomic E-state index is 14.9. The predicted octanol–water partition coefficient (Wildman–Crippen LogP) is 3.37. The topological polar surface area (TPSA) is 90.7 Å². The Morgan fingerprint density at radius 1 is 1.19 bits per heavy atom. The molecular weight excluding hydrogens is 333 g/mol. The van der Waals surface area contributed by atoms with Gasteiger partial charge in [-0.05, 0) is 60.6 Å². The molecule has 26 heavy (non-hydrogen) atoms. The van der Waals surface area contributed by atoms with Gasteiger partial charge in [0.1, 0.15) is 11.6 Å². The fraction of sp³-hybridized carbons (Fsp3) is 0.300. The largest absolute Gasteiger partial charge is 0.496 e. The molecule has 0 atom stereocenters. The van der Waals surface area contributed by atoms with Crippen LogP contribution in [-0.2, 0) is 11.2 Å². The number of aliphatic imine (C=N–C) groups is 1. The summed E-state index contributed by atoms with van der Waals surface area (Å²) in [5.41, 5.74) is 14.1. The minimum Gasteiger partial charge on any atom is -0.496 e. The van der Waals surface area contributed by atoms with Crippen molar-refractivity contribution in [1.82, 2.24) is 0 Å². The van der Waals surface area contributed by atoms with E-state index in [1.807, 2.05) is 18.2 Å². The average Bonchev–Trinajstić information content (AvgIpc) is 2.81. The molecule has 4 N–H and O–H groups in total. The number of nitrogens with two attached hydrogens (primary N) is 2. The highest BCUT2D eigenvalue weighted by Gasteiger charge is 2.25. The Hall–Kier alpha value is -2.89. The van der Waals surface area contributed by atoms with Gasteiger partial charge in [-0.25, -0.2) is 4.39 Å². The van der Waals surface area contributed by atoms with E-state index < -0.39 is 5.91 Å². The number of amides is 1. The number of allylic oxidation sites excluding steroid dienone is 4. The normalized spacial score (nSPS) is 16.8. The number of nitrogens with zero attached hydrogens (tertiary/aromatic N) is 1. The van der Waals surface area contributed by atoms with Crippen molar-refractivity contribution in [3.63, 3.8) is 0 Å². The zero-order chi connectivity index (χ0) is 18.7. The van der Waals surface area contributed by atoms with Gasteiger partial charge in [0.05, 0.1) is 12.7 Å². The monoisotopic (exact) mass is 355 g/mol. The number of carbonyl (C=O) groups is 1. The first-order valence-corrected chi connectivity index (χ1v) is 8.62. The molecule has 0 unspecified atom stereocenters. The molecule has 2 aliphatic rings. The molecule has 136 valence electrons. The van der Waals surface area contributed by atoms with E-state index in [1.165, 1.54) is 0 Å². The molecule has 0 aliphatic heterocycles. The summed E-state index contributed by atoms with van der Waals surface area (Å²) in [6.45, 7) is 0. The maximum Gasteiger partial charge on any atom is 0.280 e. The van der Waals surface area contributed by atoms with Crippen LogP contribution in [0.15, 0.2) is 52.5 Å². The van der Waals surface area contributed by atoms with E-state index in [2.05, 4.69) is 4.99 Å². The quantitative estimate of drug-likeness (QED) is 0.642. The Kier molecular flexibility index (Phi) is 5.21. The van der Waals surface area contributed by atoms with E-state index in [-0.39, 0.29) is 11.8 Å². The zero-order valence-corrected chi connectivity index (χ0v) is 14.7. The van der Waals surface area contributed by atoms with E-state index in [4.69, 9.17) is 16.2 Å². The van der Waals surface area contributed by atoms with Crippen molar-refractivity contribution in [2.24, 2.45) is 16.5 Å². The molecular formula is C20H22FN3O2. The summed E-state index contributed by atoms with van der Waals surface area (Å²) in [6.07, 6.45) is 7.44. The first-order valence-electron chi connectivity index (χ1n) is 8.62. The van der Waals surface area contributed by atoms with Gasteiger partial charge >= 0.3 is 0 Å². The van der Waals surface area contributed by atoms with Crippen LogP contribution in [0.25, 0.3) is 5.57 Å². The first kappa shape index (κ1) is 17.9.